The van der Waals surface area contributed by atoms with Crippen LogP contribution >= 0.6 is 23.2 Å². The second kappa shape index (κ2) is 11.5. The van der Waals surface area contributed by atoms with Gasteiger partial charge in [0.05, 0.1) is 10.5 Å². The zero-order valence-electron chi connectivity index (χ0n) is 18.9. The first kappa shape index (κ1) is 24.3. The SMILES string of the molecule is CCc1nc(N(CCC(=O)N[C@@H](C)CC)CCc2ccccc2)c2cc(Cl)cc(Cl)c2n1. The number of nitrogens with one attached hydrogen (secondary N) is 1. The van der Waals surface area contributed by atoms with E-state index >= 15 is 0 Å². The highest BCUT2D eigenvalue weighted by atomic mass is 35.5. The lowest BCUT2D eigenvalue weighted by atomic mass is 10.1. The molecule has 5 nitrogen and oxygen atoms in total. The number of anilines is 1. The van der Waals surface area contributed by atoms with Crippen molar-refractivity contribution in [3.8, 4) is 0 Å². The van der Waals surface area contributed by atoms with Crippen LogP contribution in [0.4, 0.5) is 5.82 Å². The summed E-state index contributed by atoms with van der Waals surface area (Å²) in [7, 11) is 0. The van der Waals surface area contributed by atoms with E-state index in [2.05, 4.69) is 34.3 Å². The molecular formula is C25H30Cl2N4O. The number of amides is 1. The molecule has 0 fully saturated rings. The Balaban J connectivity index is 1.95. The van der Waals surface area contributed by atoms with Gasteiger partial charge in [-0.1, -0.05) is 67.4 Å². The molecule has 1 atom stereocenters. The third-order valence-corrected chi connectivity index (χ3v) is 6.01. The van der Waals surface area contributed by atoms with Crippen LogP contribution in [0.3, 0.4) is 0 Å². The zero-order chi connectivity index (χ0) is 23.1. The smallest absolute Gasteiger partial charge is 0.221 e. The number of benzene rings is 2. The van der Waals surface area contributed by atoms with Crippen molar-refractivity contribution in [3.63, 3.8) is 0 Å². The Hall–Kier alpha value is -2.37. The maximum atomic E-state index is 12.5. The van der Waals surface area contributed by atoms with E-state index in [0.717, 1.165) is 24.0 Å². The van der Waals surface area contributed by atoms with Crippen LogP contribution in [0.5, 0.6) is 0 Å². The average Bonchev–Trinajstić information content (AvgIpc) is 2.79. The number of rotatable bonds is 10. The molecule has 0 unspecified atom stereocenters. The summed E-state index contributed by atoms with van der Waals surface area (Å²) in [6.45, 7) is 7.33. The number of nitrogens with zero attached hydrogens (tertiary/aromatic N) is 3. The van der Waals surface area contributed by atoms with Crippen LogP contribution in [0.15, 0.2) is 42.5 Å². The molecule has 32 heavy (non-hydrogen) atoms. The van der Waals surface area contributed by atoms with Crippen LogP contribution in [0.2, 0.25) is 10.0 Å². The molecule has 0 aliphatic carbocycles. The molecule has 0 saturated heterocycles. The molecule has 0 saturated carbocycles. The van der Waals surface area contributed by atoms with Gasteiger partial charge in [-0.2, -0.15) is 0 Å². The summed E-state index contributed by atoms with van der Waals surface area (Å²) in [5, 5.41) is 4.89. The number of carbonyl (C=O) groups is 1. The second-order valence-corrected chi connectivity index (χ2v) is 8.79. The molecule has 7 heteroatoms. The molecule has 3 aromatic rings. The van der Waals surface area contributed by atoms with Gasteiger partial charge >= 0.3 is 0 Å². The lowest BCUT2D eigenvalue weighted by molar-refractivity contribution is -0.121. The predicted molar refractivity (Wildman–Crippen MR) is 134 cm³/mol. The van der Waals surface area contributed by atoms with E-state index in [1.165, 1.54) is 5.56 Å². The third kappa shape index (κ3) is 6.33. The molecule has 3 rings (SSSR count). The van der Waals surface area contributed by atoms with E-state index < -0.39 is 0 Å². The second-order valence-electron chi connectivity index (χ2n) is 7.95. The van der Waals surface area contributed by atoms with Gasteiger partial charge in [0.2, 0.25) is 5.91 Å². The normalized spacial score (nSPS) is 12.0. The first-order valence-electron chi connectivity index (χ1n) is 11.1. The van der Waals surface area contributed by atoms with Gasteiger partial charge in [0, 0.05) is 42.4 Å². The van der Waals surface area contributed by atoms with Gasteiger partial charge in [0.25, 0.3) is 0 Å². The topological polar surface area (TPSA) is 58.1 Å². The van der Waals surface area contributed by atoms with Gasteiger partial charge in [0.15, 0.2) is 0 Å². The summed E-state index contributed by atoms with van der Waals surface area (Å²) >= 11 is 12.8. The number of aromatic nitrogens is 2. The Morgan fingerprint density at radius 3 is 2.53 bits per heavy atom. The summed E-state index contributed by atoms with van der Waals surface area (Å²) < 4.78 is 0. The van der Waals surface area contributed by atoms with Crippen molar-refractivity contribution in [2.75, 3.05) is 18.0 Å². The van der Waals surface area contributed by atoms with Crippen molar-refractivity contribution in [2.24, 2.45) is 0 Å². The van der Waals surface area contributed by atoms with E-state index in [0.29, 0.717) is 47.3 Å². The maximum absolute atomic E-state index is 12.5. The quantitative estimate of drug-likeness (QED) is 0.401. The molecule has 0 spiro atoms. The van der Waals surface area contributed by atoms with E-state index in [4.69, 9.17) is 28.2 Å². The highest BCUT2D eigenvalue weighted by Gasteiger charge is 2.18. The highest BCUT2D eigenvalue weighted by Crippen LogP contribution is 2.32. The minimum Gasteiger partial charge on any atom is -0.355 e. The zero-order valence-corrected chi connectivity index (χ0v) is 20.4. The predicted octanol–water partition coefficient (Wildman–Crippen LogP) is 5.85. The van der Waals surface area contributed by atoms with Gasteiger partial charge in [-0.05, 0) is 37.5 Å². The van der Waals surface area contributed by atoms with Crippen molar-refractivity contribution < 1.29 is 4.79 Å². The van der Waals surface area contributed by atoms with Crippen LogP contribution in [0.1, 0.15) is 45.0 Å². The largest absolute Gasteiger partial charge is 0.355 e. The monoisotopic (exact) mass is 472 g/mol. The van der Waals surface area contributed by atoms with Crippen LogP contribution < -0.4 is 10.2 Å². The molecule has 1 heterocycles. The van der Waals surface area contributed by atoms with Crippen molar-refractivity contribution in [3.05, 3.63) is 63.9 Å². The van der Waals surface area contributed by atoms with Crippen molar-refractivity contribution >= 4 is 45.8 Å². The summed E-state index contributed by atoms with van der Waals surface area (Å²) in [5.41, 5.74) is 1.92. The molecule has 1 amide bonds. The number of halogens is 2. The molecule has 0 bridgehead atoms. The first-order chi connectivity index (χ1) is 15.4. The maximum Gasteiger partial charge on any atom is 0.221 e. The molecule has 1 aromatic heterocycles. The fourth-order valence-electron chi connectivity index (χ4n) is 3.50. The van der Waals surface area contributed by atoms with Crippen molar-refractivity contribution in [1.82, 2.24) is 15.3 Å². The Morgan fingerprint density at radius 2 is 1.84 bits per heavy atom. The standard InChI is InChI=1S/C25H30Cl2N4O/c1-4-17(3)28-23(32)12-14-31(13-11-18-9-7-6-8-10-18)25-20-15-19(26)16-21(27)24(20)29-22(5-2)30-25/h6-10,15-17H,4-5,11-14H2,1-3H3,(H,28,32)/t17-/m0/s1. The molecule has 170 valence electrons. The highest BCUT2D eigenvalue weighted by molar-refractivity contribution is 6.38. The van der Waals surface area contributed by atoms with E-state index in [9.17, 15) is 4.79 Å². The summed E-state index contributed by atoms with van der Waals surface area (Å²) in [6.07, 6.45) is 2.79. The Labute approximate surface area is 200 Å². The van der Waals surface area contributed by atoms with Gasteiger partial charge in [0.1, 0.15) is 11.6 Å². The van der Waals surface area contributed by atoms with Gasteiger partial charge in [-0.15, -0.1) is 0 Å². The van der Waals surface area contributed by atoms with Crippen LogP contribution in [0, 0.1) is 0 Å². The van der Waals surface area contributed by atoms with Gasteiger partial charge in [-0.3, -0.25) is 4.79 Å². The fraction of sp³-hybridized carbons (Fsp3) is 0.400. The van der Waals surface area contributed by atoms with E-state index in [-0.39, 0.29) is 11.9 Å². The Bertz CT molecular complexity index is 1060. The van der Waals surface area contributed by atoms with E-state index in [1.807, 2.05) is 38.1 Å². The summed E-state index contributed by atoms with van der Waals surface area (Å²) in [5.74, 6) is 1.52. The van der Waals surface area contributed by atoms with Crippen LogP contribution in [-0.2, 0) is 17.6 Å². The third-order valence-electron chi connectivity index (χ3n) is 5.50. The van der Waals surface area contributed by atoms with Gasteiger partial charge < -0.3 is 10.2 Å². The minimum atomic E-state index is 0.0363. The number of aryl methyl sites for hydroxylation is 1. The molecule has 2 aromatic carbocycles. The Morgan fingerprint density at radius 1 is 1.09 bits per heavy atom. The fourth-order valence-corrected chi connectivity index (χ4v) is 4.04. The summed E-state index contributed by atoms with van der Waals surface area (Å²) in [4.78, 5) is 24.1. The van der Waals surface area contributed by atoms with Crippen molar-refractivity contribution in [2.45, 2.75) is 52.5 Å². The number of hydrogen-bond acceptors (Lipinski definition) is 4. The van der Waals surface area contributed by atoms with Crippen molar-refractivity contribution in [1.29, 1.82) is 0 Å². The molecule has 0 aliphatic rings. The Kier molecular flexibility index (Phi) is 8.71. The first-order valence-corrected chi connectivity index (χ1v) is 11.9. The molecule has 1 N–H and O–H groups in total. The molecule has 0 radical (unpaired) electrons. The number of fused-ring (bicyclic) bond motifs is 1. The number of hydrogen-bond donors (Lipinski definition) is 1. The molecule has 0 aliphatic heterocycles. The number of carbonyl (C=O) groups excluding carboxylic acids is 1. The van der Waals surface area contributed by atoms with Crippen LogP contribution in [-0.4, -0.2) is 35.0 Å². The minimum absolute atomic E-state index is 0.0363. The van der Waals surface area contributed by atoms with Gasteiger partial charge in [-0.25, -0.2) is 9.97 Å². The van der Waals surface area contributed by atoms with E-state index in [1.54, 1.807) is 6.07 Å². The van der Waals surface area contributed by atoms with Crippen LogP contribution in [0.25, 0.3) is 10.9 Å². The molecular weight excluding hydrogens is 443 g/mol. The lowest BCUT2D eigenvalue weighted by Gasteiger charge is -2.26. The average molecular weight is 473 g/mol. The lowest BCUT2D eigenvalue weighted by Crippen LogP contribution is -2.36. The summed E-state index contributed by atoms with van der Waals surface area (Å²) in [6, 6.07) is 14.0.